The largest absolute Gasteiger partial charge is 0.497 e. The summed E-state index contributed by atoms with van der Waals surface area (Å²) in [5.74, 6) is 1.72. The van der Waals surface area contributed by atoms with Crippen LogP contribution >= 0.6 is 0 Å². The van der Waals surface area contributed by atoms with E-state index in [-0.39, 0.29) is 0 Å². The molecular formula is C26H32N4O2. The lowest BCUT2D eigenvalue weighted by molar-refractivity contribution is 0.200. The Morgan fingerprint density at radius 3 is 2.66 bits per heavy atom. The van der Waals surface area contributed by atoms with E-state index >= 15 is 0 Å². The molecule has 3 heterocycles. The first-order valence-corrected chi connectivity index (χ1v) is 11.3. The molecule has 0 spiro atoms. The Kier molecular flexibility index (Phi) is 7.45. The molecule has 0 radical (unpaired) electrons. The van der Waals surface area contributed by atoms with Crippen molar-refractivity contribution in [2.24, 2.45) is 0 Å². The van der Waals surface area contributed by atoms with Crippen molar-refractivity contribution in [1.29, 1.82) is 0 Å². The van der Waals surface area contributed by atoms with Crippen LogP contribution in [0.15, 0.2) is 48.8 Å². The highest BCUT2D eigenvalue weighted by Crippen LogP contribution is 2.33. The molecule has 0 N–H and O–H groups in total. The molecule has 0 bridgehead atoms. The minimum Gasteiger partial charge on any atom is -0.497 e. The quantitative estimate of drug-likeness (QED) is 0.502. The standard InChI is InChI=1S/C26H32N4O2/c1-19-12-21(13-20-6-4-7-23(14-20)32-3)15-24(29-19)25-8-5-10-30(25)18-22-16-27-26(28-17-22)9-11-31-2/h4,6-7,12,14-17,25H,5,8-11,13,18H2,1-3H3. The van der Waals surface area contributed by atoms with E-state index in [2.05, 4.69) is 46.1 Å². The summed E-state index contributed by atoms with van der Waals surface area (Å²) in [6.07, 6.45) is 7.82. The number of rotatable bonds is 9. The van der Waals surface area contributed by atoms with Gasteiger partial charge in [-0.3, -0.25) is 9.88 Å². The molecule has 1 aromatic carbocycles. The van der Waals surface area contributed by atoms with Gasteiger partial charge in [0, 0.05) is 43.7 Å². The number of hydrogen-bond acceptors (Lipinski definition) is 6. The van der Waals surface area contributed by atoms with Crippen LogP contribution in [-0.2, 0) is 24.1 Å². The number of benzene rings is 1. The summed E-state index contributed by atoms with van der Waals surface area (Å²) in [6.45, 7) is 4.64. The first kappa shape index (κ1) is 22.4. The Balaban J connectivity index is 1.48. The maximum Gasteiger partial charge on any atom is 0.130 e. The van der Waals surface area contributed by atoms with Gasteiger partial charge in [-0.25, -0.2) is 9.97 Å². The fourth-order valence-electron chi connectivity index (χ4n) is 4.43. The van der Waals surface area contributed by atoms with Crippen molar-refractivity contribution in [3.63, 3.8) is 0 Å². The Morgan fingerprint density at radius 2 is 1.88 bits per heavy atom. The predicted molar refractivity (Wildman–Crippen MR) is 125 cm³/mol. The third-order valence-electron chi connectivity index (χ3n) is 5.95. The number of aromatic nitrogens is 3. The zero-order valence-electron chi connectivity index (χ0n) is 19.3. The van der Waals surface area contributed by atoms with Crippen LogP contribution in [0.5, 0.6) is 5.75 Å². The molecule has 6 heteroatoms. The summed E-state index contributed by atoms with van der Waals surface area (Å²) >= 11 is 0. The van der Waals surface area contributed by atoms with Gasteiger partial charge in [-0.1, -0.05) is 12.1 Å². The van der Waals surface area contributed by atoms with Crippen LogP contribution in [-0.4, -0.2) is 47.2 Å². The molecule has 1 fully saturated rings. The summed E-state index contributed by atoms with van der Waals surface area (Å²) in [6, 6.07) is 13.1. The normalized spacial score (nSPS) is 16.4. The topological polar surface area (TPSA) is 60.4 Å². The van der Waals surface area contributed by atoms with Crippen molar-refractivity contribution < 1.29 is 9.47 Å². The van der Waals surface area contributed by atoms with Crippen LogP contribution < -0.4 is 4.74 Å². The minimum absolute atomic E-state index is 0.326. The van der Waals surface area contributed by atoms with Crippen LogP contribution in [0.25, 0.3) is 0 Å². The van der Waals surface area contributed by atoms with Gasteiger partial charge in [0.2, 0.25) is 0 Å². The van der Waals surface area contributed by atoms with Gasteiger partial charge in [-0.05, 0) is 68.1 Å². The van der Waals surface area contributed by atoms with Gasteiger partial charge in [0.1, 0.15) is 11.6 Å². The van der Waals surface area contributed by atoms with E-state index < -0.39 is 0 Å². The summed E-state index contributed by atoms with van der Waals surface area (Å²) < 4.78 is 10.5. The predicted octanol–water partition coefficient (Wildman–Crippen LogP) is 4.31. The highest BCUT2D eigenvalue weighted by Gasteiger charge is 2.27. The Morgan fingerprint density at radius 1 is 1.03 bits per heavy atom. The van der Waals surface area contributed by atoms with E-state index in [0.29, 0.717) is 12.6 Å². The van der Waals surface area contributed by atoms with Gasteiger partial charge < -0.3 is 9.47 Å². The maximum atomic E-state index is 5.38. The molecule has 1 aliphatic rings. The van der Waals surface area contributed by atoms with Crippen LogP contribution in [0, 0.1) is 6.92 Å². The van der Waals surface area contributed by atoms with E-state index in [4.69, 9.17) is 14.5 Å². The Bertz CT molecular complexity index is 1020. The lowest BCUT2D eigenvalue weighted by Crippen LogP contribution is -2.24. The van der Waals surface area contributed by atoms with Crippen LogP contribution in [0.2, 0.25) is 0 Å². The van der Waals surface area contributed by atoms with Crippen molar-refractivity contribution in [3.05, 3.63) is 82.7 Å². The fraction of sp³-hybridized carbons (Fsp3) is 0.423. The molecule has 32 heavy (non-hydrogen) atoms. The summed E-state index contributed by atoms with van der Waals surface area (Å²) in [5.41, 5.74) is 5.91. The highest BCUT2D eigenvalue weighted by molar-refractivity contribution is 5.34. The van der Waals surface area contributed by atoms with Crippen molar-refractivity contribution in [2.45, 2.75) is 45.2 Å². The average Bonchev–Trinajstić information content (AvgIpc) is 3.26. The maximum absolute atomic E-state index is 5.38. The fourth-order valence-corrected chi connectivity index (χ4v) is 4.43. The first-order valence-electron chi connectivity index (χ1n) is 11.3. The second-order valence-electron chi connectivity index (χ2n) is 8.45. The molecule has 0 amide bonds. The third-order valence-corrected chi connectivity index (χ3v) is 5.95. The monoisotopic (exact) mass is 432 g/mol. The second kappa shape index (κ2) is 10.7. The number of methoxy groups -OCH3 is 2. The minimum atomic E-state index is 0.326. The number of ether oxygens (including phenoxy) is 2. The van der Waals surface area contributed by atoms with Crippen LogP contribution in [0.3, 0.4) is 0 Å². The molecule has 1 aliphatic heterocycles. The van der Waals surface area contributed by atoms with Crippen molar-refractivity contribution in [2.75, 3.05) is 27.4 Å². The molecule has 0 aliphatic carbocycles. The molecule has 6 nitrogen and oxygen atoms in total. The molecular weight excluding hydrogens is 400 g/mol. The second-order valence-corrected chi connectivity index (χ2v) is 8.45. The van der Waals surface area contributed by atoms with E-state index in [9.17, 15) is 0 Å². The van der Waals surface area contributed by atoms with Crippen LogP contribution in [0.4, 0.5) is 0 Å². The Hall–Kier alpha value is -2.83. The summed E-state index contributed by atoms with van der Waals surface area (Å²) in [5, 5.41) is 0. The number of likely N-dealkylation sites (tertiary alicyclic amines) is 1. The van der Waals surface area contributed by atoms with E-state index in [1.807, 2.05) is 24.5 Å². The van der Waals surface area contributed by atoms with Gasteiger partial charge >= 0.3 is 0 Å². The van der Waals surface area contributed by atoms with Gasteiger partial charge in [0.25, 0.3) is 0 Å². The lowest BCUT2D eigenvalue weighted by Gasteiger charge is -2.24. The zero-order chi connectivity index (χ0) is 22.3. The summed E-state index contributed by atoms with van der Waals surface area (Å²) in [4.78, 5) is 16.4. The van der Waals surface area contributed by atoms with Crippen molar-refractivity contribution >= 4 is 0 Å². The number of aryl methyl sites for hydroxylation is 1. The van der Waals surface area contributed by atoms with Crippen molar-refractivity contribution in [1.82, 2.24) is 19.9 Å². The lowest BCUT2D eigenvalue weighted by atomic mass is 10.0. The average molecular weight is 433 g/mol. The molecule has 0 saturated carbocycles. The van der Waals surface area contributed by atoms with Crippen LogP contribution in [0.1, 0.15) is 52.8 Å². The third kappa shape index (κ3) is 5.69. The van der Waals surface area contributed by atoms with Gasteiger partial charge in [-0.2, -0.15) is 0 Å². The number of hydrogen-bond donors (Lipinski definition) is 0. The molecule has 168 valence electrons. The SMILES string of the molecule is COCCc1ncc(CN2CCCC2c2cc(Cc3cccc(OC)c3)cc(C)n2)cn1. The number of nitrogens with zero attached hydrogens (tertiary/aromatic N) is 4. The van der Waals surface area contributed by atoms with E-state index in [1.54, 1.807) is 14.2 Å². The van der Waals surface area contributed by atoms with Gasteiger partial charge in [0.05, 0.1) is 25.5 Å². The van der Waals surface area contributed by atoms with Gasteiger partial charge in [0.15, 0.2) is 0 Å². The molecule has 1 atom stereocenters. The molecule has 4 rings (SSSR count). The number of pyridine rings is 1. The van der Waals surface area contributed by atoms with Gasteiger partial charge in [-0.15, -0.1) is 0 Å². The molecule has 3 aromatic rings. The molecule has 1 saturated heterocycles. The summed E-state index contributed by atoms with van der Waals surface area (Å²) in [7, 11) is 3.41. The Labute approximate surface area is 190 Å². The smallest absolute Gasteiger partial charge is 0.130 e. The van der Waals surface area contributed by atoms with Crippen molar-refractivity contribution in [3.8, 4) is 5.75 Å². The highest BCUT2D eigenvalue weighted by atomic mass is 16.5. The van der Waals surface area contributed by atoms with E-state index in [0.717, 1.165) is 60.9 Å². The van der Waals surface area contributed by atoms with E-state index in [1.165, 1.54) is 17.5 Å². The molecule has 1 unspecified atom stereocenters. The first-order chi connectivity index (χ1) is 15.6. The molecule has 2 aromatic heterocycles. The zero-order valence-corrected chi connectivity index (χ0v) is 19.3.